The van der Waals surface area contributed by atoms with Crippen LogP contribution in [0, 0.1) is 0 Å². The summed E-state index contributed by atoms with van der Waals surface area (Å²) in [5, 5.41) is 4.24. The predicted octanol–water partition coefficient (Wildman–Crippen LogP) is 9.17. The maximum absolute atomic E-state index is 12.1. The van der Waals surface area contributed by atoms with Crippen LogP contribution in [0.4, 0.5) is 0 Å². The minimum atomic E-state index is -0.342. The number of carbonyl (C=O) groups is 2. The summed E-state index contributed by atoms with van der Waals surface area (Å²) in [6, 6.07) is 39.2. The third kappa shape index (κ3) is 6.57. The van der Waals surface area contributed by atoms with Gasteiger partial charge < -0.3 is 18.9 Å². The Morgan fingerprint density at radius 2 is 0.870 bits per heavy atom. The monoisotopic (exact) mass is 610 g/mol. The van der Waals surface area contributed by atoms with Gasteiger partial charge in [0.25, 0.3) is 0 Å². The molecule has 6 rings (SSSR count). The molecule has 0 heterocycles. The summed E-state index contributed by atoms with van der Waals surface area (Å²) in [5.74, 6) is 0.747. The summed E-state index contributed by atoms with van der Waals surface area (Å²) in [7, 11) is 0. The van der Waals surface area contributed by atoms with Crippen LogP contribution in [0.2, 0.25) is 0 Å². The van der Waals surface area contributed by atoms with Gasteiger partial charge in [-0.25, -0.2) is 9.59 Å². The van der Waals surface area contributed by atoms with Crippen LogP contribution in [0.3, 0.4) is 0 Å². The number of hydrogen-bond donors (Lipinski definition) is 0. The van der Waals surface area contributed by atoms with Crippen LogP contribution in [-0.2, 0) is 22.7 Å². The van der Waals surface area contributed by atoms with Crippen molar-refractivity contribution in [2.75, 3.05) is 13.2 Å². The highest BCUT2D eigenvalue weighted by atomic mass is 16.5. The second-order valence-corrected chi connectivity index (χ2v) is 10.7. The normalized spacial score (nSPS) is 10.9. The van der Waals surface area contributed by atoms with Crippen LogP contribution in [0.1, 0.15) is 45.7 Å². The smallest absolute Gasteiger partial charge is 0.338 e. The largest absolute Gasteiger partial charge is 0.488 e. The van der Waals surface area contributed by atoms with Gasteiger partial charge in [0.05, 0.1) is 24.3 Å². The Morgan fingerprint density at radius 3 is 1.26 bits per heavy atom. The molecular weight excluding hydrogens is 576 g/mol. The summed E-state index contributed by atoms with van der Waals surface area (Å²) >= 11 is 0. The Morgan fingerprint density at radius 1 is 0.478 bits per heavy atom. The van der Waals surface area contributed by atoms with Gasteiger partial charge in [-0.3, -0.25) is 0 Å². The molecule has 6 aromatic carbocycles. The molecule has 0 N–H and O–H groups in total. The van der Waals surface area contributed by atoms with Crippen LogP contribution in [0.15, 0.2) is 121 Å². The number of carbonyl (C=O) groups excluding carboxylic acids is 2. The average molecular weight is 611 g/mol. The minimum Gasteiger partial charge on any atom is -0.488 e. The van der Waals surface area contributed by atoms with E-state index < -0.39 is 0 Å². The van der Waals surface area contributed by atoms with E-state index in [-0.39, 0.29) is 11.9 Å². The van der Waals surface area contributed by atoms with Crippen LogP contribution < -0.4 is 9.47 Å². The van der Waals surface area contributed by atoms with Gasteiger partial charge in [-0.15, -0.1) is 0 Å². The fraction of sp³-hybridized carbons (Fsp3) is 0.150. The van der Waals surface area contributed by atoms with E-state index in [4.69, 9.17) is 18.9 Å². The van der Waals surface area contributed by atoms with Gasteiger partial charge in [0.15, 0.2) is 0 Å². The lowest BCUT2D eigenvalue weighted by molar-refractivity contribution is 0.0516. The molecule has 0 amide bonds. The van der Waals surface area contributed by atoms with Crippen molar-refractivity contribution >= 4 is 33.5 Å². The molecule has 0 aliphatic heterocycles. The molecule has 0 radical (unpaired) electrons. The van der Waals surface area contributed by atoms with E-state index in [9.17, 15) is 9.59 Å². The van der Waals surface area contributed by atoms with Gasteiger partial charge in [0.1, 0.15) is 24.7 Å². The van der Waals surface area contributed by atoms with Gasteiger partial charge >= 0.3 is 11.9 Å². The zero-order valence-corrected chi connectivity index (χ0v) is 25.8. The number of benzene rings is 6. The quantitative estimate of drug-likeness (QED) is 0.136. The highest BCUT2D eigenvalue weighted by Crippen LogP contribution is 2.45. The van der Waals surface area contributed by atoms with E-state index in [1.807, 2.05) is 60.7 Å². The van der Waals surface area contributed by atoms with E-state index in [0.29, 0.717) is 49.1 Å². The highest BCUT2D eigenvalue weighted by molar-refractivity contribution is 6.09. The fourth-order valence-electron chi connectivity index (χ4n) is 5.48. The Labute approximate surface area is 268 Å². The Kier molecular flexibility index (Phi) is 9.25. The van der Waals surface area contributed by atoms with Gasteiger partial charge in [0.2, 0.25) is 0 Å². The molecule has 0 saturated carbocycles. The second-order valence-electron chi connectivity index (χ2n) is 10.7. The maximum atomic E-state index is 12.1. The molecule has 0 fully saturated rings. The number of ether oxygens (including phenoxy) is 4. The third-order valence-corrected chi connectivity index (χ3v) is 7.75. The first-order valence-corrected chi connectivity index (χ1v) is 15.4. The van der Waals surface area contributed by atoms with Crippen molar-refractivity contribution in [2.24, 2.45) is 0 Å². The molecule has 0 unspecified atom stereocenters. The standard InChI is InChI=1S/C40H34O6/c1-3-43-39(41)31-17-13-27(14-18-31)25-45-35-23-21-29-9-5-7-11-33(29)37(35)38-34-12-8-6-10-30(34)22-24-36(38)46-26-28-15-19-32(20-16-28)40(42)44-4-2/h5-24H,3-4,25-26H2,1-2H3. The maximum Gasteiger partial charge on any atom is 0.338 e. The summed E-state index contributed by atoms with van der Waals surface area (Å²) in [6.45, 7) is 4.85. The zero-order valence-electron chi connectivity index (χ0n) is 25.8. The molecule has 0 atom stereocenters. The molecule has 230 valence electrons. The summed E-state index contributed by atoms with van der Waals surface area (Å²) in [4.78, 5) is 24.3. The summed E-state index contributed by atoms with van der Waals surface area (Å²) in [6.07, 6.45) is 0. The number of hydrogen-bond acceptors (Lipinski definition) is 6. The summed E-state index contributed by atoms with van der Waals surface area (Å²) in [5.41, 5.74) is 4.73. The molecule has 6 heteroatoms. The van der Waals surface area contributed by atoms with Crippen LogP contribution in [0.5, 0.6) is 11.5 Å². The van der Waals surface area contributed by atoms with Gasteiger partial charge in [-0.2, -0.15) is 0 Å². The Balaban J connectivity index is 1.38. The topological polar surface area (TPSA) is 71.1 Å². The van der Waals surface area contributed by atoms with E-state index in [2.05, 4.69) is 36.4 Å². The molecule has 6 nitrogen and oxygen atoms in total. The van der Waals surface area contributed by atoms with Crippen molar-refractivity contribution in [2.45, 2.75) is 27.1 Å². The lowest BCUT2D eigenvalue weighted by atomic mass is 9.92. The SMILES string of the molecule is CCOC(=O)c1ccc(COc2ccc3ccccc3c2-c2c(OCc3ccc(C(=O)OCC)cc3)ccc3ccccc23)cc1. The Bertz CT molecular complexity index is 1850. The molecule has 46 heavy (non-hydrogen) atoms. The lowest BCUT2D eigenvalue weighted by Gasteiger charge is -2.20. The van der Waals surface area contributed by atoms with Gasteiger partial charge in [-0.1, -0.05) is 84.9 Å². The predicted molar refractivity (Wildman–Crippen MR) is 180 cm³/mol. The number of fused-ring (bicyclic) bond motifs is 2. The fourth-order valence-corrected chi connectivity index (χ4v) is 5.48. The summed E-state index contributed by atoms with van der Waals surface area (Å²) < 4.78 is 23.3. The van der Waals surface area contributed by atoms with Crippen LogP contribution in [0.25, 0.3) is 32.7 Å². The Hall–Kier alpha value is -5.62. The molecule has 0 saturated heterocycles. The molecular formula is C40H34O6. The zero-order chi connectivity index (χ0) is 31.9. The molecule has 0 aromatic heterocycles. The van der Waals surface area contributed by atoms with Crippen LogP contribution in [-0.4, -0.2) is 25.2 Å². The van der Waals surface area contributed by atoms with E-state index >= 15 is 0 Å². The van der Waals surface area contributed by atoms with Crippen molar-refractivity contribution in [3.05, 3.63) is 144 Å². The lowest BCUT2D eigenvalue weighted by Crippen LogP contribution is -2.05. The minimum absolute atomic E-state index is 0.308. The first kappa shape index (κ1) is 30.4. The van der Waals surface area contributed by atoms with Crippen molar-refractivity contribution < 1.29 is 28.5 Å². The molecule has 0 aliphatic rings. The van der Waals surface area contributed by atoms with Gasteiger partial charge in [0, 0.05) is 11.1 Å². The van der Waals surface area contributed by atoms with Crippen molar-refractivity contribution in [3.8, 4) is 22.6 Å². The van der Waals surface area contributed by atoms with Crippen LogP contribution >= 0.6 is 0 Å². The van der Waals surface area contributed by atoms with Gasteiger partial charge in [-0.05, 0) is 82.9 Å². The molecule has 6 aromatic rings. The average Bonchev–Trinajstić information content (AvgIpc) is 3.10. The first-order chi connectivity index (χ1) is 22.6. The number of rotatable bonds is 11. The van der Waals surface area contributed by atoms with E-state index in [1.165, 1.54) is 0 Å². The number of esters is 2. The molecule has 0 aliphatic carbocycles. The van der Waals surface area contributed by atoms with E-state index in [1.54, 1.807) is 38.1 Å². The van der Waals surface area contributed by atoms with Crippen molar-refractivity contribution in [1.82, 2.24) is 0 Å². The van der Waals surface area contributed by atoms with Crippen molar-refractivity contribution in [3.63, 3.8) is 0 Å². The molecule has 0 spiro atoms. The van der Waals surface area contributed by atoms with Crippen molar-refractivity contribution in [1.29, 1.82) is 0 Å². The van der Waals surface area contributed by atoms with E-state index in [0.717, 1.165) is 43.8 Å². The molecule has 0 bridgehead atoms. The second kappa shape index (κ2) is 14.0. The highest BCUT2D eigenvalue weighted by Gasteiger charge is 2.20. The third-order valence-electron chi connectivity index (χ3n) is 7.75. The first-order valence-electron chi connectivity index (χ1n) is 15.4.